The van der Waals surface area contributed by atoms with Crippen LogP contribution in [-0.4, -0.2) is 49.3 Å². The number of hydrogen-bond acceptors (Lipinski definition) is 8. The van der Waals surface area contributed by atoms with Gasteiger partial charge in [-0.3, -0.25) is 18.6 Å². The van der Waals surface area contributed by atoms with E-state index in [2.05, 4.69) is 196 Å². The molecule has 0 aliphatic rings. The van der Waals surface area contributed by atoms with E-state index in [1.54, 1.807) is 0 Å². The van der Waals surface area contributed by atoms with Crippen molar-refractivity contribution in [3.63, 3.8) is 0 Å². The summed E-state index contributed by atoms with van der Waals surface area (Å²) in [6.45, 7) is 3.50. The highest BCUT2D eigenvalue weighted by molar-refractivity contribution is 7.47. The van der Waals surface area contributed by atoms with Crippen LogP contribution in [0.5, 0.6) is 0 Å². The van der Waals surface area contributed by atoms with Crippen LogP contribution in [-0.2, 0) is 32.7 Å². The molecule has 10 heteroatoms. The van der Waals surface area contributed by atoms with Crippen LogP contribution in [0.15, 0.2) is 182 Å². The molecule has 0 aliphatic carbocycles. The first-order chi connectivity index (χ1) is 43.8. The Bertz CT molecular complexity index is 2110. The molecular formula is C79H128NO8P. The summed E-state index contributed by atoms with van der Waals surface area (Å²) in [5.41, 5.74) is 5.40. The lowest BCUT2D eigenvalue weighted by Gasteiger charge is -2.19. The molecule has 0 radical (unpaired) electrons. The lowest BCUT2D eigenvalue weighted by molar-refractivity contribution is -0.161. The Hall–Kier alpha value is -4.89. The first kappa shape index (κ1) is 84.1. The molecule has 0 amide bonds. The summed E-state index contributed by atoms with van der Waals surface area (Å²) in [4.78, 5) is 35.4. The third-order valence-corrected chi connectivity index (χ3v) is 15.3. The van der Waals surface area contributed by atoms with Crippen molar-refractivity contribution in [2.24, 2.45) is 5.73 Å². The quantitative estimate of drug-likeness (QED) is 0.0264. The van der Waals surface area contributed by atoms with Gasteiger partial charge in [0.2, 0.25) is 0 Å². The van der Waals surface area contributed by atoms with Crippen molar-refractivity contribution in [2.45, 2.75) is 277 Å². The van der Waals surface area contributed by atoms with Gasteiger partial charge < -0.3 is 20.1 Å². The zero-order valence-electron chi connectivity index (χ0n) is 56.3. The number of esters is 2. The minimum absolute atomic E-state index is 0.0438. The molecule has 0 aromatic carbocycles. The van der Waals surface area contributed by atoms with Crippen LogP contribution >= 0.6 is 7.82 Å². The van der Waals surface area contributed by atoms with Gasteiger partial charge in [0.05, 0.1) is 13.2 Å². The van der Waals surface area contributed by atoms with E-state index in [-0.39, 0.29) is 32.6 Å². The summed E-state index contributed by atoms with van der Waals surface area (Å²) in [7, 11) is -4.41. The van der Waals surface area contributed by atoms with Crippen molar-refractivity contribution in [1.29, 1.82) is 0 Å². The van der Waals surface area contributed by atoms with Gasteiger partial charge in [0, 0.05) is 19.4 Å². The molecule has 89 heavy (non-hydrogen) atoms. The topological polar surface area (TPSA) is 134 Å². The van der Waals surface area contributed by atoms with Gasteiger partial charge >= 0.3 is 19.8 Å². The number of phosphoric acid groups is 1. The van der Waals surface area contributed by atoms with Crippen LogP contribution in [0.3, 0.4) is 0 Å². The summed E-state index contributed by atoms with van der Waals surface area (Å²) in [6.07, 6.45) is 108. The third kappa shape index (κ3) is 72.1. The highest BCUT2D eigenvalue weighted by Gasteiger charge is 2.26. The van der Waals surface area contributed by atoms with Gasteiger partial charge in [-0.25, -0.2) is 4.57 Å². The summed E-state index contributed by atoms with van der Waals surface area (Å²) >= 11 is 0. The highest BCUT2D eigenvalue weighted by atomic mass is 31.2. The van der Waals surface area contributed by atoms with Gasteiger partial charge in [0.25, 0.3) is 0 Å². The molecule has 9 nitrogen and oxygen atoms in total. The number of ether oxygens (including phenoxy) is 2. The SMILES string of the molecule is CC/C=C\C/C=C\C/C=C\C/C=C\C/C=C\C/C=C\C/C=C\C/C=C\C/C=C\CCCCCCCCCCCCCC(=O)OC(COC(=O)CCCCCCCCCCCC/C=C\C/C=C\C/C=C\C/C=C\C/C=C\C/C=C\CC)COP(=O)(O)OCCN. The number of nitrogens with two attached hydrogens (primary N) is 1. The number of rotatable bonds is 64. The molecule has 0 saturated carbocycles. The van der Waals surface area contributed by atoms with Gasteiger partial charge in [-0.05, 0) is 135 Å². The molecule has 2 unspecified atom stereocenters. The van der Waals surface area contributed by atoms with E-state index in [1.807, 2.05) is 0 Å². The summed E-state index contributed by atoms with van der Waals surface area (Å²) < 4.78 is 33.2. The molecule has 0 spiro atoms. The van der Waals surface area contributed by atoms with Crippen LogP contribution in [0.25, 0.3) is 0 Å². The largest absolute Gasteiger partial charge is 0.472 e. The van der Waals surface area contributed by atoms with E-state index in [9.17, 15) is 19.0 Å². The van der Waals surface area contributed by atoms with E-state index in [1.165, 1.54) is 83.5 Å². The van der Waals surface area contributed by atoms with E-state index >= 15 is 0 Å². The number of carbonyl (C=O) groups is 2. The summed E-state index contributed by atoms with van der Waals surface area (Å²) in [5, 5.41) is 0. The molecule has 2 atom stereocenters. The highest BCUT2D eigenvalue weighted by Crippen LogP contribution is 2.43. The fourth-order valence-electron chi connectivity index (χ4n) is 9.16. The van der Waals surface area contributed by atoms with E-state index < -0.39 is 32.5 Å². The monoisotopic (exact) mass is 1250 g/mol. The normalized spacial score (nSPS) is 14.1. The second-order valence-corrected chi connectivity index (χ2v) is 24.1. The zero-order chi connectivity index (χ0) is 64.4. The average molecular weight is 1250 g/mol. The molecule has 502 valence electrons. The smallest absolute Gasteiger partial charge is 0.462 e. The van der Waals surface area contributed by atoms with Gasteiger partial charge in [-0.2, -0.15) is 0 Å². The summed E-state index contributed by atoms with van der Waals surface area (Å²) in [6, 6.07) is 0. The second kappa shape index (κ2) is 72.2. The number of allylic oxidation sites excluding steroid dienone is 30. The van der Waals surface area contributed by atoms with E-state index in [0.29, 0.717) is 6.42 Å². The zero-order valence-corrected chi connectivity index (χ0v) is 57.2. The maximum atomic E-state index is 12.8. The Balaban J connectivity index is 3.97. The Morgan fingerprint density at radius 2 is 0.584 bits per heavy atom. The Labute approximate surface area is 545 Å². The average Bonchev–Trinajstić information content (AvgIpc) is 3.68. The molecular weight excluding hydrogens is 1120 g/mol. The van der Waals surface area contributed by atoms with Crippen molar-refractivity contribution in [3.8, 4) is 0 Å². The molecule has 0 aliphatic heterocycles. The van der Waals surface area contributed by atoms with Crippen molar-refractivity contribution < 1.29 is 37.6 Å². The standard InChI is InChI=1S/C79H128NO8P/c1-3-5-7-9-11-13-15-17-19-21-23-25-27-29-31-33-34-35-36-37-38-39-40-41-42-44-46-48-50-52-54-56-58-60-62-64-66-68-70-72-79(82)88-77(76-87-89(83,84)86-74-73-80)75-85-78(81)71-69-67-65-63-61-59-57-55-53-51-49-47-45-43-32-30-28-26-24-22-20-18-16-14-12-10-8-6-4-2/h5-8,11-14,17-20,23-26,29-32,34-35,37-38,40-41,44-47,77H,3-4,9-10,15-16,21-22,27-28,33,36,39,42-43,48-76,80H2,1-2H3,(H,83,84)/b7-5-,8-6-,13-11-,14-12-,19-17-,20-18-,25-23-,26-24-,31-29-,32-30-,35-34-,38-37-,41-40-,46-44-,47-45-. The fraction of sp³-hybridized carbons (Fsp3) is 0.595. The lowest BCUT2D eigenvalue weighted by atomic mass is 10.0. The first-order valence-corrected chi connectivity index (χ1v) is 36.8. The van der Waals surface area contributed by atoms with Gasteiger partial charge in [-0.1, -0.05) is 305 Å². The van der Waals surface area contributed by atoms with Crippen molar-refractivity contribution in [1.82, 2.24) is 0 Å². The Kier molecular flexibility index (Phi) is 68.2. The molecule has 0 bridgehead atoms. The number of carbonyl (C=O) groups excluding carboxylic acids is 2. The predicted octanol–water partition coefficient (Wildman–Crippen LogP) is 23.5. The maximum absolute atomic E-state index is 12.8. The Morgan fingerprint density at radius 1 is 0.337 bits per heavy atom. The molecule has 0 heterocycles. The number of phosphoric ester groups is 1. The van der Waals surface area contributed by atoms with Crippen LogP contribution in [0.4, 0.5) is 0 Å². The van der Waals surface area contributed by atoms with Crippen molar-refractivity contribution in [3.05, 3.63) is 182 Å². The van der Waals surface area contributed by atoms with Crippen LogP contribution in [0, 0.1) is 0 Å². The molecule has 3 N–H and O–H groups in total. The Morgan fingerprint density at radius 3 is 0.865 bits per heavy atom. The molecule has 0 aromatic rings. The van der Waals surface area contributed by atoms with Crippen LogP contribution in [0.2, 0.25) is 0 Å². The van der Waals surface area contributed by atoms with E-state index in [4.69, 9.17) is 24.3 Å². The second-order valence-electron chi connectivity index (χ2n) is 22.6. The number of unbranched alkanes of at least 4 members (excludes halogenated alkanes) is 21. The van der Waals surface area contributed by atoms with Gasteiger partial charge in [-0.15, -0.1) is 0 Å². The van der Waals surface area contributed by atoms with Crippen molar-refractivity contribution >= 4 is 19.8 Å². The van der Waals surface area contributed by atoms with Crippen LogP contribution in [0.1, 0.15) is 271 Å². The first-order valence-electron chi connectivity index (χ1n) is 35.3. The number of hydrogen-bond donors (Lipinski definition) is 2. The maximum Gasteiger partial charge on any atom is 0.472 e. The van der Waals surface area contributed by atoms with Gasteiger partial charge in [0.1, 0.15) is 6.61 Å². The minimum atomic E-state index is -4.41. The van der Waals surface area contributed by atoms with Crippen molar-refractivity contribution in [2.75, 3.05) is 26.4 Å². The van der Waals surface area contributed by atoms with Gasteiger partial charge in [0.15, 0.2) is 6.10 Å². The minimum Gasteiger partial charge on any atom is -0.462 e. The molecule has 0 aromatic heterocycles. The predicted molar refractivity (Wildman–Crippen MR) is 385 cm³/mol. The lowest BCUT2D eigenvalue weighted by Crippen LogP contribution is -2.29. The molecule has 0 fully saturated rings. The van der Waals surface area contributed by atoms with Crippen LogP contribution < -0.4 is 5.73 Å². The molecule has 0 saturated heterocycles. The third-order valence-electron chi connectivity index (χ3n) is 14.3. The molecule has 0 rings (SSSR count). The fourth-order valence-corrected chi connectivity index (χ4v) is 9.93. The summed E-state index contributed by atoms with van der Waals surface area (Å²) in [5.74, 6) is -0.844. The van der Waals surface area contributed by atoms with E-state index in [0.717, 1.165) is 154 Å².